The van der Waals surface area contributed by atoms with E-state index in [9.17, 15) is 4.79 Å². The van der Waals surface area contributed by atoms with Gasteiger partial charge in [-0.15, -0.1) is 0 Å². The predicted molar refractivity (Wildman–Crippen MR) is 63.3 cm³/mol. The number of methoxy groups -OCH3 is 1. The Kier molecular flexibility index (Phi) is 4.75. The maximum Gasteiger partial charge on any atom is 0.337 e. The first-order valence-electron chi connectivity index (χ1n) is 5.05. The average Bonchev–Trinajstić information content (AvgIpc) is 2.35. The highest BCUT2D eigenvalue weighted by molar-refractivity contribution is 5.90. The monoisotopic (exact) mass is 223 g/mol. The summed E-state index contributed by atoms with van der Waals surface area (Å²) < 4.78 is 4.63. The second-order valence-corrected chi connectivity index (χ2v) is 3.45. The maximum absolute atomic E-state index is 11.3. The molecule has 88 valence electrons. The zero-order chi connectivity index (χ0) is 12.0. The Balaban J connectivity index is 2.64. The molecule has 5 heteroatoms. The van der Waals surface area contributed by atoms with Gasteiger partial charge in [0.1, 0.15) is 0 Å². The number of hydrogen-bond donors (Lipinski definition) is 3. The van der Waals surface area contributed by atoms with Crippen LogP contribution in [0.2, 0.25) is 0 Å². The molecule has 0 saturated carbocycles. The molecular weight excluding hydrogens is 206 g/mol. The molecule has 1 rings (SSSR count). The molecule has 1 atom stereocenters. The number of ether oxygens (including phenoxy) is 1. The number of nitrogens with two attached hydrogens (primary N) is 2. The number of anilines is 1. The fourth-order valence-corrected chi connectivity index (χ4v) is 1.21. The van der Waals surface area contributed by atoms with Crippen molar-refractivity contribution in [3.05, 3.63) is 29.8 Å². The molecule has 0 radical (unpaired) electrons. The molecule has 1 aromatic carbocycles. The second-order valence-electron chi connectivity index (χ2n) is 3.45. The molecule has 5 nitrogen and oxygen atoms in total. The van der Waals surface area contributed by atoms with Crippen molar-refractivity contribution in [2.45, 2.75) is 6.04 Å². The first-order valence-corrected chi connectivity index (χ1v) is 5.05. The summed E-state index contributed by atoms with van der Waals surface area (Å²) in [5.41, 5.74) is 12.4. The molecule has 1 aromatic rings. The second kappa shape index (κ2) is 6.09. The van der Waals surface area contributed by atoms with Gasteiger partial charge in [-0.25, -0.2) is 4.79 Å². The summed E-state index contributed by atoms with van der Waals surface area (Å²) in [5.74, 6) is -0.355. The Hall–Kier alpha value is -1.59. The van der Waals surface area contributed by atoms with E-state index in [0.29, 0.717) is 18.7 Å². The molecule has 0 aliphatic carbocycles. The zero-order valence-electron chi connectivity index (χ0n) is 9.27. The summed E-state index contributed by atoms with van der Waals surface area (Å²) in [7, 11) is 1.35. The van der Waals surface area contributed by atoms with Crippen LogP contribution in [0.3, 0.4) is 0 Å². The summed E-state index contributed by atoms with van der Waals surface area (Å²) >= 11 is 0. The normalized spacial score (nSPS) is 11.9. The SMILES string of the molecule is COC(=O)c1cccc(NCC(N)CN)c1. The summed E-state index contributed by atoms with van der Waals surface area (Å²) in [6.07, 6.45) is 0. The van der Waals surface area contributed by atoms with Gasteiger partial charge in [0.25, 0.3) is 0 Å². The smallest absolute Gasteiger partial charge is 0.337 e. The predicted octanol–water partition coefficient (Wildman–Crippen LogP) is 0.171. The van der Waals surface area contributed by atoms with Gasteiger partial charge in [-0.05, 0) is 18.2 Å². The first-order chi connectivity index (χ1) is 7.67. The highest BCUT2D eigenvalue weighted by atomic mass is 16.5. The summed E-state index contributed by atoms with van der Waals surface area (Å²) in [4.78, 5) is 11.3. The van der Waals surface area contributed by atoms with Gasteiger partial charge in [0.05, 0.1) is 12.7 Å². The first kappa shape index (κ1) is 12.5. The van der Waals surface area contributed by atoms with E-state index < -0.39 is 0 Å². The van der Waals surface area contributed by atoms with Crippen molar-refractivity contribution in [3.63, 3.8) is 0 Å². The Bertz CT molecular complexity index is 355. The van der Waals surface area contributed by atoms with E-state index in [4.69, 9.17) is 11.5 Å². The van der Waals surface area contributed by atoms with Crippen LogP contribution < -0.4 is 16.8 Å². The van der Waals surface area contributed by atoms with E-state index in [2.05, 4.69) is 10.1 Å². The summed E-state index contributed by atoms with van der Waals surface area (Å²) in [6.45, 7) is 0.991. The van der Waals surface area contributed by atoms with E-state index in [1.165, 1.54) is 7.11 Å². The fraction of sp³-hybridized carbons (Fsp3) is 0.364. The number of carbonyl (C=O) groups excluding carboxylic acids is 1. The third kappa shape index (κ3) is 3.52. The molecule has 0 heterocycles. The van der Waals surface area contributed by atoms with Crippen molar-refractivity contribution >= 4 is 11.7 Å². The zero-order valence-corrected chi connectivity index (χ0v) is 9.27. The molecule has 0 spiro atoms. The van der Waals surface area contributed by atoms with Crippen LogP contribution in [-0.2, 0) is 4.74 Å². The number of rotatable bonds is 5. The molecule has 0 aliphatic heterocycles. The van der Waals surface area contributed by atoms with Crippen molar-refractivity contribution in [3.8, 4) is 0 Å². The van der Waals surface area contributed by atoms with Gasteiger partial charge in [-0.2, -0.15) is 0 Å². The van der Waals surface area contributed by atoms with Gasteiger partial charge >= 0.3 is 5.97 Å². The molecule has 0 amide bonds. The molecule has 16 heavy (non-hydrogen) atoms. The van der Waals surface area contributed by atoms with E-state index in [1.807, 2.05) is 6.07 Å². The van der Waals surface area contributed by atoms with Gasteiger partial charge in [-0.1, -0.05) is 6.07 Å². The third-order valence-electron chi connectivity index (χ3n) is 2.15. The Morgan fingerprint density at radius 3 is 2.94 bits per heavy atom. The summed E-state index contributed by atoms with van der Waals surface area (Å²) in [5, 5.41) is 3.10. The van der Waals surface area contributed by atoms with Crippen LogP contribution in [0, 0.1) is 0 Å². The molecule has 0 saturated heterocycles. The quantitative estimate of drug-likeness (QED) is 0.619. The van der Waals surface area contributed by atoms with Crippen molar-refractivity contribution in [2.75, 3.05) is 25.5 Å². The molecule has 0 aromatic heterocycles. The minimum Gasteiger partial charge on any atom is -0.465 e. The van der Waals surface area contributed by atoms with Crippen LogP contribution >= 0.6 is 0 Å². The lowest BCUT2D eigenvalue weighted by atomic mass is 10.2. The minimum absolute atomic E-state index is 0.0956. The van der Waals surface area contributed by atoms with Gasteiger partial charge in [0, 0.05) is 24.8 Å². The highest BCUT2D eigenvalue weighted by Crippen LogP contribution is 2.11. The van der Waals surface area contributed by atoms with Gasteiger partial charge in [0.15, 0.2) is 0 Å². The largest absolute Gasteiger partial charge is 0.465 e. The topological polar surface area (TPSA) is 90.4 Å². The Morgan fingerprint density at radius 2 is 2.31 bits per heavy atom. The van der Waals surface area contributed by atoms with Crippen molar-refractivity contribution in [2.24, 2.45) is 11.5 Å². The molecule has 1 unspecified atom stereocenters. The van der Waals surface area contributed by atoms with E-state index in [-0.39, 0.29) is 12.0 Å². The van der Waals surface area contributed by atoms with Crippen LogP contribution in [0.15, 0.2) is 24.3 Å². The van der Waals surface area contributed by atoms with E-state index >= 15 is 0 Å². The van der Waals surface area contributed by atoms with Crippen LogP contribution in [-0.4, -0.2) is 32.2 Å². The number of hydrogen-bond acceptors (Lipinski definition) is 5. The lowest BCUT2D eigenvalue weighted by Gasteiger charge is -2.11. The Labute approximate surface area is 94.8 Å². The number of benzene rings is 1. The average molecular weight is 223 g/mol. The van der Waals surface area contributed by atoms with Crippen LogP contribution in [0.25, 0.3) is 0 Å². The van der Waals surface area contributed by atoms with Gasteiger partial charge in [-0.3, -0.25) is 0 Å². The molecule has 0 fully saturated rings. The van der Waals surface area contributed by atoms with Crippen LogP contribution in [0.4, 0.5) is 5.69 Å². The number of esters is 1. The van der Waals surface area contributed by atoms with Crippen LogP contribution in [0.5, 0.6) is 0 Å². The lowest BCUT2D eigenvalue weighted by molar-refractivity contribution is 0.0601. The molecule has 0 bridgehead atoms. The summed E-state index contributed by atoms with van der Waals surface area (Å²) in [6, 6.07) is 6.95. The molecule has 5 N–H and O–H groups in total. The van der Waals surface area contributed by atoms with Crippen molar-refractivity contribution in [1.82, 2.24) is 0 Å². The fourth-order valence-electron chi connectivity index (χ4n) is 1.21. The number of carbonyl (C=O) groups is 1. The highest BCUT2D eigenvalue weighted by Gasteiger charge is 2.05. The van der Waals surface area contributed by atoms with E-state index in [0.717, 1.165) is 5.69 Å². The Morgan fingerprint density at radius 1 is 1.56 bits per heavy atom. The van der Waals surface area contributed by atoms with Gasteiger partial charge in [0.2, 0.25) is 0 Å². The molecular formula is C11H17N3O2. The van der Waals surface area contributed by atoms with Gasteiger partial charge < -0.3 is 21.5 Å². The molecule has 0 aliphatic rings. The third-order valence-corrected chi connectivity index (χ3v) is 2.15. The maximum atomic E-state index is 11.3. The van der Waals surface area contributed by atoms with Crippen molar-refractivity contribution in [1.29, 1.82) is 0 Å². The number of nitrogens with one attached hydrogen (secondary N) is 1. The van der Waals surface area contributed by atoms with Crippen LogP contribution in [0.1, 0.15) is 10.4 Å². The standard InChI is InChI=1S/C11H17N3O2/c1-16-11(15)8-3-2-4-10(5-8)14-7-9(13)6-12/h2-5,9,14H,6-7,12-13H2,1H3. The van der Waals surface area contributed by atoms with Crippen molar-refractivity contribution < 1.29 is 9.53 Å². The minimum atomic E-state index is -0.355. The van der Waals surface area contributed by atoms with E-state index in [1.54, 1.807) is 18.2 Å². The lowest BCUT2D eigenvalue weighted by Crippen LogP contribution is -2.36.